The summed E-state index contributed by atoms with van der Waals surface area (Å²) in [5.74, 6) is 2.41. The van der Waals surface area contributed by atoms with Gasteiger partial charge >= 0.3 is 0 Å². The topological polar surface area (TPSA) is 92.5 Å². The monoisotopic (exact) mass is 489 g/mol. The molecule has 0 amide bonds. The molecule has 10 heteroatoms. The van der Waals surface area contributed by atoms with Crippen LogP contribution in [0.2, 0.25) is 0 Å². The molecular weight excluding hydrogens is 462 g/mol. The van der Waals surface area contributed by atoms with Crippen LogP contribution in [0.1, 0.15) is 22.8 Å². The zero-order chi connectivity index (χ0) is 24.5. The highest BCUT2D eigenvalue weighted by Crippen LogP contribution is 2.44. The quantitative estimate of drug-likeness (QED) is 0.405. The van der Waals surface area contributed by atoms with Crippen molar-refractivity contribution in [3.63, 3.8) is 0 Å². The van der Waals surface area contributed by atoms with Gasteiger partial charge in [-0.1, -0.05) is 0 Å². The number of ether oxygens (including phenoxy) is 5. The first-order valence-corrected chi connectivity index (χ1v) is 11.9. The maximum Gasteiger partial charge on any atom is 0.212 e. The molecule has 0 bridgehead atoms. The van der Waals surface area contributed by atoms with Gasteiger partial charge in [0, 0.05) is 42.9 Å². The summed E-state index contributed by atoms with van der Waals surface area (Å²) < 4.78 is 30.5. The first-order chi connectivity index (χ1) is 17.7. The minimum absolute atomic E-state index is 0.292. The molecule has 10 nitrogen and oxygen atoms in total. The summed E-state index contributed by atoms with van der Waals surface area (Å²) in [6.45, 7) is 3.54. The molecule has 1 aromatic carbocycles. The van der Waals surface area contributed by atoms with E-state index in [0.29, 0.717) is 36.2 Å². The molecule has 186 valence electrons. The molecule has 0 aliphatic carbocycles. The van der Waals surface area contributed by atoms with Gasteiger partial charge in [-0.2, -0.15) is 5.10 Å². The third-order valence-electron chi connectivity index (χ3n) is 6.48. The number of nitrogens with zero attached hydrogens (tertiary/aromatic N) is 5. The average molecular weight is 490 g/mol. The number of fused-ring (bicyclic) bond motifs is 2. The Kier molecular flexibility index (Phi) is 5.94. The lowest BCUT2D eigenvalue weighted by atomic mass is 10.1. The van der Waals surface area contributed by atoms with Crippen molar-refractivity contribution in [2.24, 2.45) is 0 Å². The van der Waals surface area contributed by atoms with Crippen LogP contribution in [0.3, 0.4) is 0 Å². The van der Waals surface area contributed by atoms with Crippen molar-refractivity contribution < 1.29 is 23.7 Å². The number of rotatable bonds is 6. The Morgan fingerprint density at radius 1 is 1.03 bits per heavy atom. The normalized spacial score (nSPS) is 17.3. The van der Waals surface area contributed by atoms with Crippen LogP contribution in [0.25, 0.3) is 5.65 Å². The van der Waals surface area contributed by atoms with E-state index < -0.39 is 0 Å². The van der Waals surface area contributed by atoms with Crippen LogP contribution in [0, 0.1) is 0 Å². The summed E-state index contributed by atoms with van der Waals surface area (Å²) in [6.07, 6.45) is 7.87. The number of benzene rings is 1. The second-order valence-electron chi connectivity index (χ2n) is 8.70. The van der Waals surface area contributed by atoms with Crippen LogP contribution in [0.4, 0.5) is 5.69 Å². The third kappa shape index (κ3) is 4.24. The van der Waals surface area contributed by atoms with Gasteiger partial charge in [0.15, 0.2) is 23.3 Å². The van der Waals surface area contributed by atoms with Crippen LogP contribution in [0.5, 0.6) is 23.1 Å². The van der Waals surface area contributed by atoms with Crippen molar-refractivity contribution >= 4 is 11.3 Å². The molecule has 1 unspecified atom stereocenters. The van der Waals surface area contributed by atoms with E-state index >= 15 is 0 Å². The number of anilines is 1. The van der Waals surface area contributed by atoms with Gasteiger partial charge in [0.2, 0.25) is 11.6 Å². The van der Waals surface area contributed by atoms with Crippen LogP contribution < -0.4 is 23.8 Å². The van der Waals surface area contributed by atoms with Crippen molar-refractivity contribution in [1.82, 2.24) is 19.6 Å². The summed E-state index contributed by atoms with van der Waals surface area (Å²) in [7, 11) is 3.22. The largest absolute Gasteiger partial charge is 0.493 e. The van der Waals surface area contributed by atoms with E-state index in [9.17, 15) is 0 Å². The van der Waals surface area contributed by atoms with Crippen molar-refractivity contribution in [3.05, 3.63) is 65.7 Å². The average Bonchev–Trinajstić information content (AvgIpc) is 3.34. The van der Waals surface area contributed by atoms with E-state index in [2.05, 4.69) is 15.0 Å². The fraction of sp³-hybridized carbons (Fsp3) is 0.346. The molecule has 0 radical (unpaired) electrons. The van der Waals surface area contributed by atoms with E-state index in [0.717, 1.165) is 54.3 Å². The zero-order valence-electron chi connectivity index (χ0n) is 20.2. The lowest BCUT2D eigenvalue weighted by Crippen LogP contribution is -2.36. The molecule has 2 aliphatic heterocycles. The van der Waals surface area contributed by atoms with Crippen molar-refractivity contribution in [2.75, 3.05) is 52.0 Å². The predicted molar refractivity (Wildman–Crippen MR) is 131 cm³/mol. The predicted octanol–water partition coefficient (Wildman–Crippen LogP) is 3.08. The van der Waals surface area contributed by atoms with Gasteiger partial charge in [0.25, 0.3) is 0 Å². The zero-order valence-corrected chi connectivity index (χ0v) is 20.2. The molecule has 2 aliphatic rings. The molecule has 1 saturated heterocycles. The number of pyridine rings is 1. The molecule has 0 N–H and O–H groups in total. The fourth-order valence-corrected chi connectivity index (χ4v) is 4.56. The van der Waals surface area contributed by atoms with Crippen LogP contribution in [-0.4, -0.2) is 66.7 Å². The summed E-state index contributed by atoms with van der Waals surface area (Å²) in [6, 6.07) is 7.70. The highest BCUT2D eigenvalue weighted by Gasteiger charge is 2.27. The van der Waals surface area contributed by atoms with Crippen molar-refractivity contribution in [2.45, 2.75) is 12.5 Å². The molecule has 36 heavy (non-hydrogen) atoms. The lowest BCUT2D eigenvalue weighted by Gasteiger charge is -2.28. The fourth-order valence-electron chi connectivity index (χ4n) is 4.56. The Balaban J connectivity index is 1.23. The van der Waals surface area contributed by atoms with Gasteiger partial charge in [-0.3, -0.25) is 0 Å². The van der Waals surface area contributed by atoms with Gasteiger partial charge < -0.3 is 28.6 Å². The molecule has 1 fully saturated rings. The highest BCUT2D eigenvalue weighted by atomic mass is 16.6. The molecule has 0 saturated carbocycles. The van der Waals surface area contributed by atoms with E-state index in [4.69, 9.17) is 28.7 Å². The standard InChI is InChI=1S/C26H27N5O5/c1-32-21-10-17(11-22-25(21)36-23(16-35-22)18-3-4-24(33-2)27-12-18)9-19-13-29-31-15-20(14-28-26(19)31)30-5-7-34-8-6-30/h3-4,10-15,23H,5-9,16H2,1-2H3. The Bertz CT molecular complexity index is 1350. The molecular formula is C26H27N5O5. The van der Waals surface area contributed by atoms with Crippen molar-refractivity contribution in [3.8, 4) is 23.1 Å². The first kappa shape index (κ1) is 22.4. The Morgan fingerprint density at radius 3 is 2.69 bits per heavy atom. The van der Waals surface area contributed by atoms with Crippen LogP contribution >= 0.6 is 0 Å². The van der Waals surface area contributed by atoms with E-state index in [1.807, 2.05) is 47.4 Å². The minimum atomic E-state index is -0.292. The van der Waals surface area contributed by atoms with Gasteiger partial charge in [-0.25, -0.2) is 14.5 Å². The number of aromatic nitrogens is 4. The SMILES string of the molecule is COc1ccc(C2COc3cc(Cc4cnn5cc(N6CCOCC6)cnc45)cc(OC)c3O2)cn1. The van der Waals surface area contributed by atoms with Gasteiger partial charge in [0.1, 0.15) is 6.61 Å². The van der Waals surface area contributed by atoms with Crippen LogP contribution in [-0.2, 0) is 11.2 Å². The number of hydrogen-bond acceptors (Lipinski definition) is 9. The first-order valence-electron chi connectivity index (χ1n) is 11.9. The number of morpholine rings is 1. The van der Waals surface area contributed by atoms with Gasteiger partial charge in [0.05, 0.1) is 51.7 Å². The minimum Gasteiger partial charge on any atom is -0.493 e. The second kappa shape index (κ2) is 9.54. The van der Waals surface area contributed by atoms with Crippen LogP contribution in [0.15, 0.2) is 49.1 Å². The second-order valence-corrected chi connectivity index (χ2v) is 8.70. The molecule has 1 atom stereocenters. The lowest BCUT2D eigenvalue weighted by molar-refractivity contribution is 0.0867. The maximum absolute atomic E-state index is 6.27. The molecule has 0 spiro atoms. The molecule has 3 aromatic heterocycles. The molecule has 5 heterocycles. The van der Waals surface area contributed by atoms with E-state index in [1.54, 1.807) is 20.4 Å². The van der Waals surface area contributed by atoms with Crippen molar-refractivity contribution in [1.29, 1.82) is 0 Å². The molecule has 4 aromatic rings. The smallest absolute Gasteiger partial charge is 0.212 e. The highest BCUT2D eigenvalue weighted by molar-refractivity contribution is 5.58. The van der Waals surface area contributed by atoms with E-state index in [1.165, 1.54) is 0 Å². The maximum atomic E-state index is 6.27. The Hall–Kier alpha value is -4.05. The summed E-state index contributed by atoms with van der Waals surface area (Å²) >= 11 is 0. The Morgan fingerprint density at radius 2 is 1.92 bits per heavy atom. The Labute approximate surface area is 208 Å². The number of hydrogen-bond donors (Lipinski definition) is 0. The third-order valence-corrected chi connectivity index (χ3v) is 6.48. The van der Waals surface area contributed by atoms with Gasteiger partial charge in [-0.05, 0) is 23.8 Å². The summed E-state index contributed by atoms with van der Waals surface area (Å²) in [4.78, 5) is 11.2. The van der Waals surface area contributed by atoms with Gasteiger partial charge in [-0.15, -0.1) is 0 Å². The summed E-state index contributed by atoms with van der Waals surface area (Å²) in [5.41, 5.74) is 4.81. The summed E-state index contributed by atoms with van der Waals surface area (Å²) in [5, 5.41) is 4.55. The van der Waals surface area contributed by atoms with E-state index in [-0.39, 0.29) is 6.10 Å². The number of methoxy groups -OCH3 is 2. The molecule has 6 rings (SSSR count).